The Balaban J connectivity index is 1.94. The van der Waals surface area contributed by atoms with Gasteiger partial charge in [0.05, 0.1) is 18.1 Å². The maximum atomic E-state index is 12.2. The number of furan rings is 1. The van der Waals surface area contributed by atoms with Crippen molar-refractivity contribution in [3.05, 3.63) is 22.6 Å². The predicted molar refractivity (Wildman–Crippen MR) is 73.3 cm³/mol. The van der Waals surface area contributed by atoms with Gasteiger partial charge in [0.15, 0.2) is 4.67 Å². The molecule has 1 aliphatic heterocycles. The van der Waals surface area contributed by atoms with Gasteiger partial charge in [-0.05, 0) is 34.8 Å². The van der Waals surface area contributed by atoms with Gasteiger partial charge >= 0.3 is 0 Å². The number of carbonyl (C=O) groups excluding carboxylic acids is 1. The first-order chi connectivity index (χ1) is 8.87. The third-order valence-electron chi connectivity index (χ3n) is 3.01. The van der Waals surface area contributed by atoms with Crippen molar-refractivity contribution in [1.82, 2.24) is 9.62 Å². The highest BCUT2D eigenvalue weighted by molar-refractivity contribution is 9.10. The fourth-order valence-electron chi connectivity index (χ4n) is 2.12. The molecule has 0 radical (unpaired) electrons. The zero-order valence-corrected chi connectivity index (χ0v) is 12.8. The number of nitrogens with zero attached hydrogens (tertiary/aromatic N) is 1. The Labute approximate surface area is 120 Å². The van der Waals surface area contributed by atoms with Crippen LogP contribution in [0.3, 0.4) is 0 Å². The first-order valence-corrected chi connectivity index (χ1v) is 8.55. The van der Waals surface area contributed by atoms with Crippen LogP contribution in [0.5, 0.6) is 0 Å². The van der Waals surface area contributed by atoms with Gasteiger partial charge in [-0.1, -0.05) is 0 Å². The molecule has 1 aliphatic rings. The lowest BCUT2D eigenvalue weighted by Gasteiger charge is -2.31. The molecule has 1 aromatic rings. The van der Waals surface area contributed by atoms with Gasteiger partial charge in [-0.15, -0.1) is 0 Å². The molecule has 1 saturated heterocycles. The molecule has 1 N–H and O–H groups in total. The first kappa shape index (κ1) is 14.5. The van der Waals surface area contributed by atoms with E-state index in [-0.39, 0.29) is 11.9 Å². The summed E-state index contributed by atoms with van der Waals surface area (Å²) in [5.74, 6) is -0.0987. The van der Waals surface area contributed by atoms with Crippen LogP contribution in [-0.2, 0) is 10.0 Å². The Morgan fingerprint density at radius 1 is 1.47 bits per heavy atom. The molecule has 19 heavy (non-hydrogen) atoms. The number of rotatable bonds is 3. The maximum absolute atomic E-state index is 12.2. The SMILES string of the molecule is CS(=O)(=O)NC1CCN(C(=O)c2ccoc2Br)CC1. The fourth-order valence-corrected chi connectivity index (χ4v) is 3.37. The monoisotopic (exact) mass is 350 g/mol. The van der Waals surface area contributed by atoms with Gasteiger partial charge in [0.25, 0.3) is 5.91 Å². The molecule has 0 atom stereocenters. The molecule has 0 saturated carbocycles. The Bertz CT molecular complexity index is 561. The van der Waals surface area contributed by atoms with Gasteiger partial charge in [-0.2, -0.15) is 0 Å². The number of hydrogen-bond acceptors (Lipinski definition) is 4. The highest BCUT2D eigenvalue weighted by Crippen LogP contribution is 2.21. The van der Waals surface area contributed by atoms with Crippen molar-refractivity contribution in [3.63, 3.8) is 0 Å². The Kier molecular flexibility index (Phi) is 4.32. The van der Waals surface area contributed by atoms with E-state index < -0.39 is 10.0 Å². The van der Waals surface area contributed by atoms with Gasteiger partial charge in [0.1, 0.15) is 0 Å². The summed E-state index contributed by atoms with van der Waals surface area (Å²) in [4.78, 5) is 13.9. The van der Waals surface area contributed by atoms with Crippen LogP contribution in [0.15, 0.2) is 21.4 Å². The number of hydrogen-bond donors (Lipinski definition) is 1. The van der Waals surface area contributed by atoms with E-state index >= 15 is 0 Å². The van der Waals surface area contributed by atoms with E-state index in [0.29, 0.717) is 36.2 Å². The Morgan fingerprint density at radius 3 is 2.58 bits per heavy atom. The molecule has 0 unspecified atom stereocenters. The fraction of sp³-hybridized carbons (Fsp3) is 0.545. The van der Waals surface area contributed by atoms with Gasteiger partial charge < -0.3 is 9.32 Å². The summed E-state index contributed by atoms with van der Waals surface area (Å²) < 4.78 is 30.3. The molecule has 1 fully saturated rings. The van der Waals surface area contributed by atoms with E-state index in [9.17, 15) is 13.2 Å². The smallest absolute Gasteiger partial charge is 0.258 e. The van der Waals surface area contributed by atoms with E-state index in [1.807, 2.05) is 0 Å². The minimum atomic E-state index is -3.19. The lowest BCUT2D eigenvalue weighted by Crippen LogP contribution is -2.46. The van der Waals surface area contributed by atoms with E-state index in [2.05, 4.69) is 20.7 Å². The number of amides is 1. The second-order valence-electron chi connectivity index (χ2n) is 4.56. The second kappa shape index (κ2) is 5.64. The number of halogens is 1. The van der Waals surface area contributed by atoms with Crippen LogP contribution >= 0.6 is 15.9 Å². The van der Waals surface area contributed by atoms with Crippen LogP contribution in [0.25, 0.3) is 0 Å². The van der Waals surface area contributed by atoms with Gasteiger partial charge in [0, 0.05) is 19.1 Å². The van der Waals surface area contributed by atoms with Crippen molar-refractivity contribution < 1.29 is 17.6 Å². The average molecular weight is 351 g/mol. The third kappa shape index (κ3) is 3.80. The third-order valence-corrected chi connectivity index (χ3v) is 4.39. The number of carbonyl (C=O) groups is 1. The van der Waals surface area contributed by atoms with Crippen LogP contribution < -0.4 is 4.72 Å². The van der Waals surface area contributed by atoms with E-state index in [1.54, 1.807) is 11.0 Å². The van der Waals surface area contributed by atoms with Crippen LogP contribution in [0.2, 0.25) is 0 Å². The normalized spacial score (nSPS) is 17.7. The van der Waals surface area contributed by atoms with E-state index in [0.717, 1.165) is 6.26 Å². The molecule has 0 aromatic carbocycles. The summed E-state index contributed by atoms with van der Waals surface area (Å²) in [7, 11) is -3.19. The number of nitrogens with one attached hydrogen (secondary N) is 1. The molecule has 6 nitrogen and oxygen atoms in total. The molecular weight excluding hydrogens is 336 g/mol. The lowest BCUT2D eigenvalue weighted by atomic mass is 10.1. The topological polar surface area (TPSA) is 79.6 Å². The summed E-state index contributed by atoms with van der Waals surface area (Å²) in [6, 6.07) is 1.53. The summed E-state index contributed by atoms with van der Waals surface area (Å²) in [6.07, 6.45) is 3.84. The van der Waals surface area contributed by atoms with E-state index in [4.69, 9.17) is 4.42 Å². The molecule has 2 heterocycles. The molecule has 106 valence electrons. The minimum absolute atomic E-state index is 0.0909. The van der Waals surface area contributed by atoms with Crippen LogP contribution in [-0.4, -0.2) is 44.6 Å². The van der Waals surface area contributed by atoms with Crippen molar-refractivity contribution in [3.8, 4) is 0 Å². The molecule has 8 heteroatoms. The first-order valence-electron chi connectivity index (χ1n) is 5.86. The maximum Gasteiger partial charge on any atom is 0.258 e. The van der Waals surface area contributed by atoms with Crippen molar-refractivity contribution in [2.45, 2.75) is 18.9 Å². The van der Waals surface area contributed by atoms with Crippen molar-refractivity contribution in [2.75, 3.05) is 19.3 Å². The highest BCUT2D eigenvalue weighted by atomic mass is 79.9. The molecule has 1 aromatic heterocycles. The van der Waals surface area contributed by atoms with Gasteiger partial charge in [-0.3, -0.25) is 4.79 Å². The average Bonchev–Trinajstić information content (AvgIpc) is 2.73. The predicted octanol–water partition coefficient (Wildman–Crippen LogP) is 1.20. The molecule has 2 rings (SSSR count). The summed E-state index contributed by atoms with van der Waals surface area (Å²) in [5, 5.41) is 0. The lowest BCUT2D eigenvalue weighted by molar-refractivity contribution is 0.0709. The Hall–Kier alpha value is -0.860. The number of likely N-dealkylation sites (tertiary alicyclic amines) is 1. The van der Waals surface area contributed by atoms with Crippen LogP contribution in [0.4, 0.5) is 0 Å². The quantitative estimate of drug-likeness (QED) is 0.887. The minimum Gasteiger partial charge on any atom is -0.457 e. The standard InChI is InChI=1S/C11H15BrN2O4S/c1-19(16,17)13-8-2-5-14(6-3-8)11(15)9-4-7-18-10(9)12/h4,7-8,13H,2-3,5-6H2,1H3. The zero-order valence-electron chi connectivity index (χ0n) is 10.4. The van der Waals surface area contributed by atoms with E-state index in [1.165, 1.54) is 6.26 Å². The molecular formula is C11H15BrN2O4S. The largest absolute Gasteiger partial charge is 0.457 e. The highest BCUT2D eigenvalue weighted by Gasteiger charge is 2.26. The summed E-state index contributed by atoms with van der Waals surface area (Å²) in [5.41, 5.74) is 0.495. The Morgan fingerprint density at radius 2 is 2.11 bits per heavy atom. The summed E-state index contributed by atoms with van der Waals surface area (Å²) >= 11 is 3.18. The number of sulfonamides is 1. The van der Waals surface area contributed by atoms with Crippen molar-refractivity contribution in [1.29, 1.82) is 0 Å². The van der Waals surface area contributed by atoms with Gasteiger partial charge in [-0.25, -0.2) is 13.1 Å². The van der Waals surface area contributed by atoms with Crippen molar-refractivity contribution in [2.24, 2.45) is 0 Å². The molecule has 0 spiro atoms. The van der Waals surface area contributed by atoms with Gasteiger partial charge in [0.2, 0.25) is 10.0 Å². The van der Waals surface area contributed by atoms with Crippen LogP contribution in [0, 0.1) is 0 Å². The van der Waals surface area contributed by atoms with Crippen molar-refractivity contribution >= 4 is 31.9 Å². The summed E-state index contributed by atoms with van der Waals surface area (Å²) in [6.45, 7) is 1.06. The molecule has 0 aliphatic carbocycles. The van der Waals surface area contributed by atoms with Crippen LogP contribution in [0.1, 0.15) is 23.2 Å². The number of piperidine rings is 1. The molecule has 0 bridgehead atoms. The second-order valence-corrected chi connectivity index (χ2v) is 7.06. The zero-order chi connectivity index (χ0) is 14.0. The molecule has 1 amide bonds.